The molecule has 0 bridgehead atoms. The van der Waals surface area contributed by atoms with E-state index in [1.165, 1.54) is 59.9 Å². The monoisotopic (exact) mass is 740 g/mol. The van der Waals surface area contributed by atoms with Gasteiger partial charge in [-0.05, 0) is 82.4 Å². The topological polar surface area (TPSA) is 35.6 Å². The molecule has 0 spiro atoms. The summed E-state index contributed by atoms with van der Waals surface area (Å²) in [6.07, 6.45) is 5.75. The van der Waals surface area contributed by atoms with Crippen molar-refractivity contribution < 1.29 is 0 Å². The van der Waals surface area contributed by atoms with Gasteiger partial charge < -0.3 is 4.57 Å². The van der Waals surface area contributed by atoms with Crippen LogP contribution < -0.4 is 10.6 Å². The van der Waals surface area contributed by atoms with Crippen LogP contribution in [0.2, 0.25) is 0 Å². The van der Waals surface area contributed by atoms with Gasteiger partial charge in [0, 0.05) is 43.9 Å². The molecule has 0 N–H and O–H groups in total. The van der Waals surface area contributed by atoms with E-state index in [0.717, 1.165) is 45.1 Å². The van der Waals surface area contributed by atoms with Crippen molar-refractivity contribution in [3.8, 4) is 34.0 Å². The van der Waals surface area contributed by atoms with Crippen molar-refractivity contribution in [3.63, 3.8) is 0 Å². The van der Waals surface area contributed by atoms with E-state index in [1.807, 2.05) is 0 Å². The van der Waals surface area contributed by atoms with Gasteiger partial charge in [0.2, 0.25) is 5.95 Å². The Hall–Kier alpha value is -7.56. The molecule has 0 fully saturated rings. The van der Waals surface area contributed by atoms with E-state index in [-0.39, 0.29) is 5.92 Å². The molecule has 1 aliphatic carbocycles. The number of aromatic nitrogens is 4. The van der Waals surface area contributed by atoms with Gasteiger partial charge in [-0.3, -0.25) is 4.57 Å². The summed E-state index contributed by atoms with van der Waals surface area (Å²) in [4.78, 5) is 10.6. The van der Waals surface area contributed by atoms with Crippen LogP contribution in [-0.2, 0) is 0 Å². The van der Waals surface area contributed by atoms with Crippen molar-refractivity contribution in [2.24, 2.45) is 0 Å². The third-order valence-electron chi connectivity index (χ3n) is 12.1. The van der Waals surface area contributed by atoms with E-state index in [4.69, 9.17) is 9.97 Å². The number of hydrogen-bond acceptors (Lipinski definition) is 2. The van der Waals surface area contributed by atoms with E-state index in [0.29, 0.717) is 5.95 Å². The predicted molar refractivity (Wildman–Crippen MR) is 241 cm³/mol. The second-order valence-electron chi connectivity index (χ2n) is 15.4. The highest BCUT2D eigenvalue weighted by Crippen LogP contribution is 2.36. The zero-order valence-electron chi connectivity index (χ0n) is 31.6. The summed E-state index contributed by atoms with van der Waals surface area (Å²) in [6.45, 7) is 0. The molecule has 3 heterocycles. The lowest BCUT2D eigenvalue weighted by molar-refractivity contribution is 0.891. The van der Waals surface area contributed by atoms with E-state index < -0.39 is 0 Å². The smallest absolute Gasteiger partial charge is 0.235 e. The molecule has 0 radical (unpaired) electrons. The van der Waals surface area contributed by atoms with Crippen LogP contribution in [0, 0.1) is 0 Å². The molecule has 1 unspecified atom stereocenters. The van der Waals surface area contributed by atoms with Gasteiger partial charge in [0.1, 0.15) is 0 Å². The van der Waals surface area contributed by atoms with Gasteiger partial charge in [0.05, 0.1) is 33.1 Å². The number of nitrogens with zero attached hydrogens (tertiary/aromatic N) is 4. The van der Waals surface area contributed by atoms with Crippen LogP contribution in [-0.4, -0.2) is 19.1 Å². The number of hydrogen-bond donors (Lipinski definition) is 0. The number of para-hydroxylation sites is 3. The lowest BCUT2D eigenvalue weighted by atomic mass is 9.90. The molecule has 3 aromatic heterocycles. The maximum atomic E-state index is 5.38. The van der Waals surface area contributed by atoms with Crippen molar-refractivity contribution >= 4 is 66.5 Å². The average Bonchev–Trinajstić information content (AvgIpc) is 3.81. The van der Waals surface area contributed by atoms with Crippen LogP contribution in [0.25, 0.3) is 101 Å². The molecule has 272 valence electrons. The maximum absolute atomic E-state index is 5.38. The Bertz CT molecular complexity index is 3540. The molecule has 0 saturated heterocycles. The Labute approximate surface area is 334 Å². The molecule has 1 atom stereocenters. The largest absolute Gasteiger partial charge is 0.309 e. The number of benzene rings is 8. The predicted octanol–water partition coefficient (Wildman–Crippen LogP) is 11.9. The normalized spacial score (nSPS) is 13.9. The molecule has 4 nitrogen and oxygen atoms in total. The minimum Gasteiger partial charge on any atom is -0.309 e. The van der Waals surface area contributed by atoms with Crippen molar-refractivity contribution in [1.29, 1.82) is 0 Å². The van der Waals surface area contributed by atoms with Crippen LogP contribution in [0.1, 0.15) is 17.9 Å². The van der Waals surface area contributed by atoms with Crippen LogP contribution in [0.5, 0.6) is 0 Å². The van der Waals surface area contributed by atoms with E-state index >= 15 is 0 Å². The Morgan fingerprint density at radius 1 is 0.448 bits per heavy atom. The van der Waals surface area contributed by atoms with Crippen LogP contribution in [0.15, 0.2) is 188 Å². The summed E-state index contributed by atoms with van der Waals surface area (Å²) in [5, 5.41) is 9.58. The maximum Gasteiger partial charge on any atom is 0.235 e. The highest BCUT2D eigenvalue weighted by atomic mass is 15.2. The van der Waals surface area contributed by atoms with Crippen molar-refractivity contribution in [1.82, 2.24) is 19.1 Å². The van der Waals surface area contributed by atoms with Crippen molar-refractivity contribution in [2.45, 2.75) is 12.3 Å². The van der Waals surface area contributed by atoms with Crippen molar-refractivity contribution in [3.05, 3.63) is 204 Å². The zero-order chi connectivity index (χ0) is 38.2. The lowest BCUT2D eigenvalue weighted by Crippen LogP contribution is -2.32. The lowest BCUT2D eigenvalue weighted by Gasteiger charge is -2.16. The molecule has 0 amide bonds. The first-order valence-corrected chi connectivity index (χ1v) is 20.0. The third-order valence-corrected chi connectivity index (χ3v) is 12.1. The van der Waals surface area contributed by atoms with Gasteiger partial charge in [0.25, 0.3) is 0 Å². The summed E-state index contributed by atoms with van der Waals surface area (Å²) >= 11 is 0. The molecule has 58 heavy (non-hydrogen) atoms. The molecule has 12 rings (SSSR count). The minimum atomic E-state index is 0.217. The molecule has 0 saturated carbocycles. The molecule has 0 aliphatic heterocycles. The van der Waals surface area contributed by atoms with Gasteiger partial charge in [-0.2, -0.15) is 0 Å². The van der Waals surface area contributed by atoms with Gasteiger partial charge in [-0.25, -0.2) is 9.97 Å². The van der Waals surface area contributed by atoms with E-state index in [1.54, 1.807) is 0 Å². The molecule has 1 aliphatic rings. The molecular weight excluding hydrogens is 705 g/mol. The Balaban J connectivity index is 0.987. The molecule has 8 aromatic carbocycles. The molecular formula is C54H36N4. The average molecular weight is 741 g/mol. The highest BCUT2D eigenvalue weighted by molar-refractivity contribution is 6.09. The summed E-state index contributed by atoms with van der Waals surface area (Å²) < 4.78 is 4.68. The second kappa shape index (κ2) is 13.0. The quantitative estimate of drug-likeness (QED) is 0.176. The van der Waals surface area contributed by atoms with Crippen molar-refractivity contribution in [2.75, 3.05) is 0 Å². The first kappa shape index (κ1) is 32.7. The number of fused-ring (bicyclic) bond motifs is 8. The first-order valence-electron chi connectivity index (χ1n) is 20.0. The summed E-state index contributed by atoms with van der Waals surface area (Å²) in [6, 6.07) is 67.6. The fourth-order valence-corrected chi connectivity index (χ4v) is 9.27. The fourth-order valence-electron chi connectivity index (χ4n) is 9.27. The minimum absolute atomic E-state index is 0.217. The van der Waals surface area contributed by atoms with Crippen LogP contribution in [0.3, 0.4) is 0 Å². The Kier molecular flexibility index (Phi) is 7.32. The summed E-state index contributed by atoms with van der Waals surface area (Å²) in [5.41, 5.74) is 11.4. The number of rotatable bonds is 5. The van der Waals surface area contributed by atoms with Gasteiger partial charge >= 0.3 is 0 Å². The molecule has 4 heteroatoms. The van der Waals surface area contributed by atoms with E-state index in [2.05, 4.69) is 209 Å². The highest BCUT2D eigenvalue weighted by Gasteiger charge is 2.21. The van der Waals surface area contributed by atoms with Gasteiger partial charge in [-0.15, -0.1) is 0 Å². The first-order chi connectivity index (χ1) is 28.7. The summed E-state index contributed by atoms with van der Waals surface area (Å²) in [7, 11) is 0. The van der Waals surface area contributed by atoms with Crippen LogP contribution in [0.4, 0.5) is 0 Å². The summed E-state index contributed by atoms with van der Waals surface area (Å²) in [5.74, 6) is 0.905. The fraction of sp³-hybridized carbons (Fsp3) is 0.0370. The van der Waals surface area contributed by atoms with E-state index in [9.17, 15) is 0 Å². The molecule has 11 aromatic rings. The zero-order valence-corrected chi connectivity index (χ0v) is 31.6. The van der Waals surface area contributed by atoms with Gasteiger partial charge in [-0.1, -0.05) is 152 Å². The Morgan fingerprint density at radius 3 is 1.95 bits per heavy atom. The standard InChI is InChI=1S/C54H36N4/c1-2-12-35(13-3-1)37-24-28-42(29-25-37)57-49-20-10-7-16-43(49)46-33-39(26-30-51(46)57)40-27-31-52-47(34-40)44-17-8-11-21-50(44)58(52)54-55-48-19-9-6-18-45(48)53(56-54)41-23-22-36-14-4-5-15-38(36)32-41/h1-26,28-34,40H,27H2. The Morgan fingerprint density at radius 2 is 1.10 bits per heavy atom. The second-order valence-corrected chi connectivity index (χ2v) is 15.4. The SMILES string of the molecule is C1=c2c(n(-c3nc(-c4ccc5ccccc5c4)c4ccccc4n3)c3ccccc23)=CCC1c1ccc2c(c1)c1ccccc1n2-c1ccc(-c2ccccc2)cc1. The third kappa shape index (κ3) is 5.15. The van der Waals surface area contributed by atoms with Gasteiger partial charge in [0.15, 0.2) is 0 Å². The van der Waals surface area contributed by atoms with Crippen LogP contribution >= 0.6 is 0 Å².